The lowest BCUT2D eigenvalue weighted by Gasteiger charge is -2.14. The lowest BCUT2D eigenvalue weighted by molar-refractivity contribution is -0.167. The average molecular weight is 204 g/mol. The van der Waals surface area contributed by atoms with Crippen LogP contribution < -0.4 is 0 Å². The average Bonchev–Trinajstić information content (AvgIpc) is 1.97. The molecule has 0 spiro atoms. The molecule has 1 N–H and O–H groups in total. The van der Waals surface area contributed by atoms with E-state index in [-0.39, 0.29) is 0 Å². The summed E-state index contributed by atoms with van der Waals surface area (Å²) in [6.07, 6.45) is -4.28. The Labute approximate surface area is 71.3 Å². The fourth-order valence-electron chi connectivity index (χ4n) is 0.431. The minimum absolute atomic E-state index is 0.487. The van der Waals surface area contributed by atoms with Gasteiger partial charge in [-0.1, -0.05) is 0 Å². The number of aliphatic carboxylic acids is 1. The number of hydrogen-bond acceptors (Lipinski definition) is 2. The van der Waals surface area contributed by atoms with Crippen molar-refractivity contribution in [3.63, 3.8) is 0 Å². The van der Waals surface area contributed by atoms with Gasteiger partial charge in [-0.05, 0) is 0 Å². The van der Waals surface area contributed by atoms with Crippen LogP contribution in [-0.2, 0) is 9.53 Å². The van der Waals surface area contributed by atoms with Gasteiger partial charge in [0.1, 0.15) is 6.61 Å². The second kappa shape index (κ2) is 5.00. The lowest BCUT2D eigenvalue weighted by Crippen LogP contribution is -2.32. The number of halogens is 4. The molecule has 0 bridgehead atoms. The van der Waals surface area contributed by atoms with Crippen molar-refractivity contribution >= 4 is 5.97 Å². The number of carbonyl (C=O) groups is 1. The van der Waals surface area contributed by atoms with Gasteiger partial charge in [0.25, 0.3) is 0 Å². The molecule has 0 rings (SSSR count). The van der Waals surface area contributed by atoms with E-state index in [2.05, 4.69) is 4.74 Å². The molecular formula is C6H8F4O3. The summed E-state index contributed by atoms with van der Waals surface area (Å²) < 4.78 is 51.1. The van der Waals surface area contributed by atoms with Crippen molar-refractivity contribution < 1.29 is 32.2 Å². The number of carboxylic acids is 1. The smallest absolute Gasteiger partial charge is 0.330 e. The van der Waals surface area contributed by atoms with Crippen molar-refractivity contribution in [3.05, 3.63) is 0 Å². The number of carboxylic acid groups (broad SMARTS) is 1. The first-order chi connectivity index (χ1) is 5.86. The number of alkyl halides is 4. The van der Waals surface area contributed by atoms with Gasteiger partial charge in [0.2, 0.25) is 0 Å². The van der Waals surface area contributed by atoms with Crippen LogP contribution in [0.1, 0.15) is 6.42 Å². The molecule has 0 aliphatic rings. The number of ether oxygens (including phenoxy) is 1. The Kier molecular flexibility index (Phi) is 4.68. The van der Waals surface area contributed by atoms with Crippen LogP contribution in [0, 0.1) is 0 Å². The van der Waals surface area contributed by atoms with E-state index in [1.165, 1.54) is 0 Å². The summed E-state index contributed by atoms with van der Waals surface area (Å²) in [5.74, 6) is -5.45. The molecule has 0 saturated carbocycles. The second-order valence-corrected chi connectivity index (χ2v) is 2.26. The van der Waals surface area contributed by atoms with E-state index >= 15 is 0 Å². The Morgan fingerprint density at radius 2 is 2.00 bits per heavy atom. The van der Waals surface area contributed by atoms with Crippen LogP contribution in [0.2, 0.25) is 0 Å². The molecule has 0 saturated heterocycles. The third-order valence-electron chi connectivity index (χ3n) is 1.07. The van der Waals surface area contributed by atoms with Gasteiger partial charge in [-0.3, -0.25) is 4.79 Å². The predicted molar refractivity (Wildman–Crippen MR) is 34.0 cm³/mol. The Balaban J connectivity index is 3.58. The first-order valence-electron chi connectivity index (χ1n) is 3.32. The highest BCUT2D eigenvalue weighted by molar-refractivity contribution is 5.66. The SMILES string of the molecule is O=C(O)CCOCC(F)(F)C(F)F. The topological polar surface area (TPSA) is 46.5 Å². The zero-order valence-electron chi connectivity index (χ0n) is 6.47. The van der Waals surface area contributed by atoms with E-state index < -0.39 is 38.0 Å². The Bertz CT molecular complexity index is 171. The maximum Gasteiger partial charge on any atom is 0.330 e. The quantitative estimate of drug-likeness (QED) is 0.525. The summed E-state index contributed by atoms with van der Waals surface area (Å²) in [5.41, 5.74) is 0. The van der Waals surface area contributed by atoms with Crippen molar-refractivity contribution in [1.29, 1.82) is 0 Å². The minimum Gasteiger partial charge on any atom is -0.481 e. The summed E-state index contributed by atoms with van der Waals surface area (Å²) >= 11 is 0. The van der Waals surface area contributed by atoms with Gasteiger partial charge < -0.3 is 9.84 Å². The molecule has 0 aromatic heterocycles. The van der Waals surface area contributed by atoms with Crippen LogP contribution in [0.5, 0.6) is 0 Å². The molecule has 0 aliphatic carbocycles. The van der Waals surface area contributed by atoms with E-state index in [1.54, 1.807) is 0 Å². The molecular weight excluding hydrogens is 196 g/mol. The highest BCUT2D eigenvalue weighted by Crippen LogP contribution is 2.22. The number of hydrogen-bond donors (Lipinski definition) is 1. The number of rotatable bonds is 6. The first-order valence-corrected chi connectivity index (χ1v) is 3.32. The van der Waals surface area contributed by atoms with Crippen LogP contribution >= 0.6 is 0 Å². The minimum atomic E-state index is -4.21. The molecule has 3 nitrogen and oxygen atoms in total. The second-order valence-electron chi connectivity index (χ2n) is 2.26. The molecule has 7 heteroatoms. The Morgan fingerprint density at radius 3 is 2.38 bits per heavy atom. The van der Waals surface area contributed by atoms with Crippen molar-refractivity contribution in [1.82, 2.24) is 0 Å². The standard InChI is InChI=1S/C6H8F4O3/c7-5(8)6(9,10)3-13-2-1-4(11)12/h5H,1-3H2,(H,11,12). The van der Waals surface area contributed by atoms with Gasteiger partial charge in [-0.2, -0.15) is 8.78 Å². The van der Waals surface area contributed by atoms with E-state index in [4.69, 9.17) is 5.11 Å². The Morgan fingerprint density at radius 1 is 1.46 bits per heavy atom. The third kappa shape index (κ3) is 5.40. The highest BCUT2D eigenvalue weighted by Gasteiger charge is 2.40. The monoisotopic (exact) mass is 204 g/mol. The maximum absolute atomic E-state index is 12.0. The summed E-state index contributed by atoms with van der Waals surface area (Å²) in [7, 11) is 0. The van der Waals surface area contributed by atoms with Crippen molar-refractivity contribution in [2.45, 2.75) is 18.8 Å². The largest absolute Gasteiger partial charge is 0.481 e. The zero-order valence-corrected chi connectivity index (χ0v) is 6.47. The summed E-state index contributed by atoms with van der Waals surface area (Å²) in [5, 5.41) is 8.04. The molecule has 0 amide bonds. The summed E-state index contributed by atoms with van der Waals surface area (Å²) in [6, 6.07) is 0. The van der Waals surface area contributed by atoms with E-state index in [1.807, 2.05) is 0 Å². The first kappa shape index (κ1) is 12.2. The molecule has 0 heterocycles. The fourth-order valence-corrected chi connectivity index (χ4v) is 0.431. The third-order valence-corrected chi connectivity index (χ3v) is 1.07. The molecule has 13 heavy (non-hydrogen) atoms. The Hall–Kier alpha value is -0.850. The normalized spacial score (nSPS) is 12.1. The molecule has 0 atom stereocenters. The van der Waals surface area contributed by atoms with Gasteiger partial charge in [0.15, 0.2) is 0 Å². The fraction of sp³-hybridized carbons (Fsp3) is 0.833. The van der Waals surface area contributed by atoms with Gasteiger partial charge >= 0.3 is 18.3 Å². The van der Waals surface area contributed by atoms with Crippen LogP contribution in [0.3, 0.4) is 0 Å². The van der Waals surface area contributed by atoms with Crippen LogP contribution in [-0.4, -0.2) is 36.6 Å². The van der Waals surface area contributed by atoms with Crippen LogP contribution in [0.15, 0.2) is 0 Å². The summed E-state index contributed by atoms with van der Waals surface area (Å²) in [4.78, 5) is 9.84. The maximum atomic E-state index is 12.0. The van der Waals surface area contributed by atoms with E-state index in [0.29, 0.717) is 0 Å². The molecule has 0 aliphatic heterocycles. The van der Waals surface area contributed by atoms with Crippen molar-refractivity contribution in [3.8, 4) is 0 Å². The molecule has 0 fully saturated rings. The molecule has 0 aromatic rings. The van der Waals surface area contributed by atoms with Crippen LogP contribution in [0.25, 0.3) is 0 Å². The molecule has 0 aromatic carbocycles. The van der Waals surface area contributed by atoms with Gasteiger partial charge in [0, 0.05) is 0 Å². The molecule has 0 radical (unpaired) electrons. The summed E-state index contributed by atoms with van der Waals surface area (Å²) in [6.45, 7) is -1.96. The van der Waals surface area contributed by atoms with E-state index in [0.717, 1.165) is 0 Å². The molecule has 78 valence electrons. The van der Waals surface area contributed by atoms with Crippen LogP contribution in [0.4, 0.5) is 17.6 Å². The van der Waals surface area contributed by atoms with E-state index in [9.17, 15) is 22.4 Å². The highest BCUT2D eigenvalue weighted by atomic mass is 19.3. The van der Waals surface area contributed by atoms with Crippen molar-refractivity contribution in [2.24, 2.45) is 0 Å². The predicted octanol–water partition coefficient (Wildman–Crippen LogP) is 1.38. The van der Waals surface area contributed by atoms with Gasteiger partial charge in [-0.25, -0.2) is 8.78 Å². The lowest BCUT2D eigenvalue weighted by atomic mass is 10.4. The zero-order chi connectivity index (χ0) is 10.5. The van der Waals surface area contributed by atoms with Gasteiger partial charge in [0.05, 0.1) is 13.0 Å². The van der Waals surface area contributed by atoms with Gasteiger partial charge in [-0.15, -0.1) is 0 Å². The van der Waals surface area contributed by atoms with Crippen molar-refractivity contribution in [2.75, 3.05) is 13.2 Å². The molecule has 0 unspecified atom stereocenters.